The monoisotopic (exact) mass is 1500 g/mol. The molecule has 2 N–H and O–H groups in total. The summed E-state index contributed by atoms with van der Waals surface area (Å²) < 4.78 is 0. The van der Waals surface area contributed by atoms with Crippen LogP contribution < -0.4 is 4.90 Å². The molecule has 0 amide bonds. The van der Waals surface area contributed by atoms with Gasteiger partial charge in [-0.3, -0.25) is 0 Å². The van der Waals surface area contributed by atoms with E-state index < -0.39 is 0 Å². The highest BCUT2D eigenvalue weighted by molar-refractivity contribution is 6.01. The second-order valence-corrected chi connectivity index (χ2v) is 38.8. The van der Waals surface area contributed by atoms with E-state index in [0.29, 0.717) is 16.7 Å². The van der Waals surface area contributed by atoms with Gasteiger partial charge in [0, 0.05) is 91.8 Å². The Morgan fingerprint density at radius 2 is 0.730 bits per heavy atom. The fourth-order valence-corrected chi connectivity index (χ4v) is 16.6. The quantitative estimate of drug-likeness (QED) is 0.0840. The van der Waals surface area contributed by atoms with Gasteiger partial charge in [0.05, 0.1) is 34.4 Å². The van der Waals surface area contributed by atoms with E-state index in [1.807, 2.05) is 61.5 Å². The molecule has 8 heteroatoms. The second kappa shape index (κ2) is 30.1. The van der Waals surface area contributed by atoms with E-state index in [1.165, 1.54) is 38.9 Å². The lowest BCUT2D eigenvalue weighted by Crippen LogP contribution is -2.43. The first-order valence-corrected chi connectivity index (χ1v) is 40.8. The molecule has 3 aliphatic carbocycles. The molecule has 576 valence electrons. The summed E-state index contributed by atoms with van der Waals surface area (Å²) in [5.41, 5.74) is 29.7. The maximum absolute atomic E-state index is 10.4. The van der Waals surface area contributed by atoms with Crippen LogP contribution in [0.5, 0.6) is 0 Å². The number of benzene rings is 7. The van der Waals surface area contributed by atoms with Crippen molar-refractivity contribution in [2.75, 3.05) is 19.0 Å². The molecule has 0 unspecified atom stereocenters. The minimum Gasteiger partial charge on any atom is -0.378 e. The number of nitriles is 3. The fourth-order valence-electron chi connectivity index (χ4n) is 16.6. The zero-order chi connectivity index (χ0) is 82.1. The molecule has 10 bridgehead atoms. The number of fused-ring (bicyclic) bond motifs is 11. The van der Waals surface area contributed by atoms with Gasteiger partial charge in [0.25, 0.3) is 0 Å². The Morgan fingerprint density at radius 3 is 1.06 bits per heavy atom. The van der Waals surface area contributed by atoms with Gasteiger partial charge in [0.15, 0.2) is 0 Å². The van der Waals surface area contributed by atoms with Crippen LogP contribution >= 0.6 is 0 Å². The van der Waals surface area contributed by atoms with Gasteiger partial charge in [0.2, 0.25) is 0 Å². The van der Waals surface area contributed by atoms with E-state index >= 15 is 0 Å². The molecule has 3 fully saturated rings. The maximum Gasteiger partial charge on any atom is 0.138 e. The normalized spacial score (nSPS) is 16.2. The zero-order valence-corrected chi connectivity index (χ0v) is 71.1. The van der Waals surface area contributed by atoms with Gasteiger partial charge < -0.3 is 14.9 Å². The third-order valence-corrected chi connectivity index (χ3v) is 24.1. The Bertz CT molecular complexity index is 5910. The summed E-state index contributed by atoms with van der Waals surface area (Å²) in [7, 11) is 3.97. The number of nitrogens with one attached hydrogen (secondary N) is 2. The number of nitrogens with zero attached hydrogens (tertiary/aromatic N) is 6. The van der Waals surface area contributed by atoms with Gasteiger partial charge in [-0.25, -0.2) is 9.97 Å². The lowest BCUT2D eigenvalue weighted by Gasteiger charge is -2.51. The molecule has 3 aromatic heterocycles. The van der Waals surface area contributed by atoms with E-state index in [-0.39, 0.29) is 48.9 Å². The molecule has 0 spiro atoms. The van der Waals surface area contributed by atoms with Crippen LogP contribution in [0.3, 0.4) is 0 Å². The molecule has 0 atom stereocenters. The number of aromatic nitrogens is 4. The molecule has 15 rings (SSSR count). The molecular weight excluding hydrogens is 1400 g/mol. The van der Waals surface area contributed by atoms with Gasteiger partial charge >= 0.3 is 0 Å². The van der Waals surface area contributed by atoms with E-state index in [1.54, 1.807) is 12.1 Å². The number of rotatable bonds is 9. The van der Waals surface area contributed by atoms with Crippen molar-refractivity contribution in [2.45, 2.75) is 201 Å². The summed E-state index contributed by atoms with van der Waals surface area (Å²) in [6.07, 6.45) is 16.7. The SMILES string of the molecule is CN(C)c1ccc(C(=C(C#N)C#N)/C(C#CC23CCC(c4ccc(C#Cc5ccc(-c6c7nc(c(-c8cc(C(C)(C)C)cc(C(C)(C)C)c8)c8ccc([nH]8)c(-c8cc(C(C)(C)C)cc(C(C)(C)C)c8)c8nc(c(-c9cc(C(C)(C)C)cc(C(C)(C)C)c9)c9ccc6[nH]9)C=C8)C=C7)cc5)cc4)(CC2)CC3)=C/c2ccc(C#N)cc2)cc1. The van der Waals surface area contributed by atoms with Crippen LogP contribution in [-0.4, -0.2) is 34.0 Å². The molecule has 10 aromatic rings. The van der Waals surface area contributed by atoms with Crippen molar-refractivity contribution in [3.63, 3.8) is 0 Å². The van der Waals surface area contributed by atoms with Crippen molar-refractivity contribution in [3.05, 3.63) is 277 Å². The molecule has 2 aliphatic heterocycles. The van der Waals surface area contributed by atoms with Gasteiger partial charge in [-0.15, -0.1) is 0 Å². The van der Waals surface area contributed by atoms with Crippen molar-refractivity contribution < 1.29 is 0 Å². The van der Waals surface area contributed by atoms with Crippen LogP contribution in [0.4, 0.5) is 5.69 Å². The number of hydrogen-bond donors (Lipinski definition) is 2. The highest BCUT2D eigenvalue weighted by atomic mass is 15.1. The molecule has 0 saturated heterocycles. The van der Waals surface area contributed by atoms with Crippen LogP contribution in [0, 0.1) is 63.1 Å². The van der Waals surface area contributed by atoms with Crippen molar-refractivity contribution in [1.29, 1.82) is 15.8 Å². The highest BCUT2D eigenvalue weighted by Gasteiger charge is 2.49. The predicted octanol–water partition coefficient (Wildman–Crippen LogP) is 26.6. The molecule has 115 heavy (non-hydrogen) atoms. The van der Waals surface area contributed by atoms with Gasteiger partial charge in [-0.1, -0.05) is 251 Å². The van der Waals surface area contributed by atoms with E-state index in [4.69, 9.17) is 9.97 Å². The summed E-state index contributed by atoms with van der Waals surface area (Å²) in [5, 5.41) is 30.4. The van der Waals surface area contributed by atoms with Crippen molar-refractivity contribution in [1.82, 2.24) is 19.9 Å². The molecule has 3 saturated carbocycles. The highest BCUT2D eigenvalue weighted by Crippen LogP contribution is 2.58. The number of hydrogen-bond acceptors (Lipinski definition) is 6. The van der Waals surface area contributed by atoms with Gasteiger partial charge in [-0.2, -0.15) is 15.8 Å². The zero-order valence-electron chi connectivity index (χ0n) is 71.1. The van der Waals surface area contributed by atoms with Crippen LogP contribution in [-0.2, 0) is 37.9 Å². The largest absolute Gasteiger partial charge is 0.378 e. The molecule has 0 radical (unpaired) electrons. The first kappa shape index (κ1) is 79.6. The minimum atomic E-state index is -0.207. The lowest BCUT2D eigenvalue weighted by molar-refractivity contribution is 0.0865. The minimum absolute atomic E-state index is 0.00200. The van der Waals surface area contributed by atoms with Crippen LogP contribution in [0.25, 0.3) is 103 Å². The lowest BCUT2D eigenvalue weighted by atomic mass is 9.52. The average molecular weight is 1510 g/mol. The first-order valence-electron chi connectivity index (χ1n) is 40.8. The maximum atomic E-state index is 10.4. The van der Waals surface area contributed by atoms with Crippen LogP contribution in [0.15, 0.2) is 187 Å². The summed E-state index contributed by atoms with van der Waals surface area (Å²) >= 11 is 0. The summed E-state index contributed by atoms with van der Waals surface area (Å²) in [4.78, 5) is 22.0. The smallest absolute Gasteiger partial charge is 0.138 e. The Labute approximate surface area is 683 Å². The van der Waals surface area contributed by atoms with Crippen LogP contribution in [0.1, 0.15) is 253 Å². The van der Waals surface area contributed by atoms with E-state index in [9.17, 15) is 15.8 Å². The van der Waals surface area contributed by atoms with E-state index in [0.717, 1.165) is 156 Å². The molecule has 5 aliphatic rings. The number of aromatic amines is 2. The Hall–Kier alpha value is -12.0. The third-order valence-electron chi connectivity index (χ3n) is 24.1. The average Bonchev–Trinajstić information content (AvgIpc) is 1.72. The van der Waals surface area contributed by atoms with Crippen molar-refractivity contribution in [3.8, 4) is 86.4 Å². The van der Waals surface area contributed by atoms with Gasteiger partial charge in [-0.05, 0) is 252 Å². The van der Waals surface area contributed by atoms with Crippen molar-refractivity contribution >= 4 is 63.7 Å². The Morgan fingerprint density at radius 1 is 0.391 bits per heavy atom. The number of H-pyrrole nitrogens is 2. The van der Waals surface area contributed by atoms with Crippen molar-refractivity contribution in [2.24, 2.45) is 5.41 Å². The van der Waals surface area contributed by atoms with Crippen LogP contribution in [0.2, 0.25) is 0 Å². The summed E-state index contributed by atoms with van der Waals surface area (Å²) in [6, 6.07) is 70.0. The summed E-state index contributed by atoms with van der Waals surface area (Å²) in [6.45, 7) is 41.6. The summed E-state index contributed by atoms with van der Waals surface area (Å²) in [5.74, 6) is 14.5. The molecule has 8 nitrogen and oxygen atoms in total. The number of allylic oxidation sites excluding steroid dienone is 3. The predicted molar refractivity (Wildman–Crippen MR) is 483 cm³/mol. The standard InChI is InChI=1S/C107H108N8/c1-100(2,3)80-56-75(57-81(62-80)101(4,5)6)97-89-41-39-87(111-89)96(88-40-42-90(112-88)98(76-58-82(102(7,8)9)63-83(59-76)103(10,11)12)92-44-46-94(114-92)99(93-45-43-91(97)113-93)77-60-84(104(13,14)15)64-85(61-77)105(16,17)18)73-31-27-68(28-32-73)21-22-69-29-35-79(36-30-69)107-52-49-106(50-53-107,51-54-107)48-47-74(55-70-23-25-71(65-108)26-24-70)95(78(66-109)67-110)72-33-37-86(38-34-72)115(19)20/h23-46,55-64,111,114H,49-54H2,1-20H3/b74-55+,96-87?,96-88?,97-89?,97-91?,98-90?,98-92?,99-93?,99-94?. The molecule has 7 aromatic carbocycles. The Balaban J connectivity index is 0.872. The fraction of sp³-hybridized carbons (Fsp3) is 0.318. The second-order valence-electron chi connectivity index (χ2n) is 38.8. The van der Waals surface area contributed by atoms with E-state index in [2.05, 4.69) is 328 Å². The topological polar surface area (TPSA) is 132 Å². The molecular formula is C107H108N8. The third kappa shape index (κ3) is 16.6. The Kier molecular flexibility index (Phi) is 20.8. The molecule has 5 heterocycles. The first-order chi connectivity index (χ1) is 54.3. The van der Waals surface area contributed by atoms with Gasteiger partial charge in [0.1, 0.15) is 17.7 Å². The number of anilines is 1.